The molecule has 0 spiro atoms. The summed E-state index contributed by atoms with van der Waals surface area (Å²) in [7, 11) is 0. The molecular weight excluding hydrogens is 204 g/mol. The predicted octanol–water partition coefficient (Wildman–Crippen LogP) is 2.21. The maximum Gasteiger partial charge on any atom is 0.304 e. The van der Waals surface area contributed by atoms with E-state index in [4.69, 9.17) is 5.11 Å². The van der Waals surface area contributed by atoms with Crippen LogP contribution in [0.3, 0.4) is 0 Å². The van der Waals surface area contributed by atoms with Gasteiger partial charge in [0.2, 0.25) is 0 Å². The van der Waals surface area contributed by atoms with Crippen LogP contribution in [0, 0.1) is 12.8 Å². The Morgan fingerprint density at radius 2 is 2.25 bits per heavy atom. The fourth-order valence-electron chi connectivity index (χ4n) is 2.26. The number of fused-ring (bicyclic) bond motifs is 1. The first kappa shape index (κ1) is 10.9. The highest BCUT2D eigenvalue weighted by Crippen LogP contribution is 2.28. The molecule has 3 nitrogen and oxygen atoms in total. The summed E-state index contributed by atoms with van der Waals surface area (Å²) in [6.07, 6.45) is 1.41. The summed E-state index contributed by atoms with van der Waals surface area (Å²) >= 11 is 0. The average Bonchev–Trinajstić information content (AvgIpc) is 2.22. The molecule has 0 fully saturated rings. The van der Waals surface area contributed by atoms with Crippen molar-refractivity contribution in [2.24, 2.45) is 5.92 Å². The SMILES string of the molecule is Cc1ccc2c(c1)CCC(CC(=O)O)C2=O. The van der Waals surface area contributed by atoms with Crippen molar-refractivity contribution in [1.29, 1.82) is 0 Å². The molecule has 0 aromatic heterocycles. The molecule has 1 aromatic carbocycles. The third-order valence-electron chi connectivity index (χ3n) is 3.08. The van der Waals surface area contributed by atoms with E-state index >= 15 is 0 Å². The highest BCUT2D eigenvalue weighted by atomic mass is 16.4. The third-order valence-corrected chi connectivity index (χ3v) is 3.08. The van der Waals surface area contributed by atoms with Crippen LogP contribution in [0.5, 0.6) is 0 Å². The molecule has 0 heterocycles. The molecule has 3 heteroatoms. The van der Waals surface area contributed by atoms with Gasteiger partial charge < -0.3 is 5.11 Å². The summed E-state index contributed by atoms with van der Waals surface area (Å²) in [6.45, 7) is 1.99. The highest BCUT2D eigenvalue weighted by molar-refractivity contribution is 6.01. The number of benzene rings is 1. The molecule has 16 heavy (non-hydrogen) atoms. The Kier molecular flexibility index (Phi) is 2.77. The van der Waals surface area contributed by atoms with Gasteiger partial charge in [-0.3, -0.25) is 9.59 Å². The van der Waals surface area contributed by atoms with Crippen LogP contribution < -0.4 is 0 Å². The zero-order valence-corrected chi connectivity index (χ0v) is 9.19. The molecule has 0 saturated carbocycles. The second-order valence-electron chi connectivity index (χ2n) is 4.36. The van der Waals surface area contributed by atoms with E-state index in [9.17, 15) is 9.59 Å². The van der Waals surface area contributed by atoms with Crippen LogP contribution in [-0.4, -0.2) is 16.9 Å². The number of ketones is 1. The standard InChI is InChI=1S/C13H14O3/c1-8-2-5-11-9(6-8)3-4-10(13(11)16)7-12(14)15/h2,5-6,10H,3-4,7H2,1H3,(H,14,15). The van der Waals surface area contributed by atoms with Gasteiger partial charge in [0.1, 0.15) is 0 Å². The van der Waals surface area contributed by atoms with Gasteiger partial charge in [-0.2, -0.15) is 0 Å². The second-order valence-corrected chi connectivity index (χ2v) is 4.36. The number of hydrogen-bond acceptors (Lipinski definition) is 2. The highest BCUT2D eigenvalue weighted by Gasteiger charge is 2.28. The molecule has 0 aliphatic heterocycles. The van der Waals surface area contributed by atoms with Crippen LogP contribution >= 0.6 is 0 Å². The van der Waals surface area contributed by atoms with Crippen LogP contribution in [-0.2, 0) is 11.2 Å². The summed E-state index contributed by atoms with van der Waals surface area (Å²) in [5.74, 6) is -1.25. The van der Waals surface area contributed by atoms with Gasteiger partial charge in [-0.25, -0.2) is 0 Å². The second kappa shape index (κ2) is 4.08. The summed E-state index contributed by atoms with van der Waals surface area (Å²) in [5.41, 5.74) is 2.91. The number of carbonyl (C=O) groups is 2. The smallest absolute Gasteiger partial charge is 0.304 e. The van der Waals surface area contributed by atoms with E-state index in [1.807, 2.05) is 25.1 Å². The lowest BCUT2D eigenvalue weighted by Crippen LogP contribution is -2.24. The van der Waals surface area contributed by atoms with Gasteiger partial charge in [0.15, 0.2) is 5.78 Å². The van der Waals surface area contributed by atoms with Gasteiger partial charge in [-0.1, -0.05) is 23.8 Å². The van der Waals surface area contributed by atoms with Crippen molar-refractivity contribution < 1.29 is 14.7 Å². The number of carboxylic acids is 1. The van der Waals surface area contributed by atoms with Crippen molar-refractivity contribution in [3.8, 4) is 0 Å². The van der Waals surface area contributed by atoms with Gasteiger partial charge in [0.25, 0.3) is 0 Å². The Morgan fingerprint density at radius 1 is 1.50 bits per heavy atom. The Balaban J connectivity index is 2.29. The number of aliphatic carboxylic acids is 1. The van der Waals surface area contributed by atoms with E-state index < -0.39 is 5.97 Å². The minimum Gasteiger partial charge on any atom is -0.481 e. The maximum absolute atomic E-state index is 12.0. The number of hydrogen-bond donors (Lipinski definition) is 1. The van der Waals surface area contributed by atoms with Crippen molar-refractivity contribution in [2.45, 2.75) is 26.2 Å². The summed E-state index contributed by atoms with van der Waals surface area (Å²) in [5, 5.41) is 8.72. The zero-order valence-electron chi connectivity index (χ0n) is 9.19. The molecular formula is C13H14O3. The molecule has 2 rings (SSSR count). The Labute approximate surface area is 94.1 Å². The molecule has 1 aromatic rings. The lowest BCUT2D eigenvalue weighted by Gasteiger charge is -2.22. The maximum atomic E-state index is 12.0. The van der Waals surface area contributed by atoms with E-state index in [2.05, 4.69) is 0 Å². The Bertz CT molecular complexity index is 448. The first-order chi connectivity index (χ1) is 7.58. The molecule has 1 aliphatic rings. The molecule has 84 valence electrons. The van der Waals surface area contributed by atoms with Gasteiger partial charge >= 0.3 is 5.97 Å². The van der Waals surface area contributed by atoms with Gasteiger partial charge in [0.05, 0.1) is 6.42 Å². The normalized spacial score (nSPS) is 19.3. The third kappa shape index (κ3) is 1.98. The number of rotatable bonds is 2. The zero-order chi connectivity index (χ0) is 11.7. The number of aryl methyl sites for hydroxylation is 2. The van der Waals surface area contributed by atoms with Crippen molar-refractivity contribution in [2.75, 3.05) is 0 Å². The van der Waals surface area contributed by atoms with E-state index in [0.717, 1.165) is 17.5 Å². The fraction of sp³-hybridized carbons (Fsp3) is 0.385. The van der Waals surface area contributed by atoms with Crippen LogP contribution in [0.15, 0.2) is 18.2 Å². The molecule has 0 radical (unpaired) electrons. The van der Waals surface area contributed by atoms with Crippen LogP contribution in [0.2, 0.25) is 0 Å². The molecule has 0 saturated heterocycles. The number of carboxylic acid groups (broad SMARTS) is 1. The minimum absolute atomic E-state index is 0.0105. The minimum atomic E-state index is -0.895. The average molecular weight is 218 g/mol. The largest absolute Gasteiger partial charge is 0.481 e. The molecule has 1 atom stereocenters. The molecule has 0 amide bonds. The topological polar surface area (TPSA) is 54.4 Å². The Hall–Kier alpha value is -1.64. The van der Waals surface area contributed by atoms with Crippen LogP contribution in [0.4, 0.5) is 0 Å². The van der Waals surface area contributed by atoms with Crippen LogP contribution in [0.25, 0.3) is 0 Å². The molecule has 1 N–H and O–H groups in total. The van der Waals surface area contributed by atoms with Gasteiger partial charge in [0, 0.05) is 11.5 Å². The molecule has 1 aliphatic carbocycles. The summed E-state index contributed by atoms with van der Waals surface area (Å²) < 4.78 is 0. The number of carbonyl (C=O) groups excluding carboxylic acids is 1. The van der Waals surface area contributed by atoms with Gasteiger partial charge in [-0.05, 0) is 25.3 Å². The quantitative estimate of drug-likeness (QED) is 0.828. The van der Waals surface area contributed by atoms with Crippen molar-refractivity contribution in [3.63, 3.8) is 0 Å². The lowest BCUT2D eigenvalue weighted by molar-refractivity contribution is -0.137. The summed E-state index contributed by atoms with van der Waals surface area (Å²) in [4.78, 5) is 22.6. The van der Waals surface area contributed by atoms with Crippen molar-refractivity contribution >= 4 is 11.8 Å². The van der Waals surface area contributed by atoms with Crippen molar-refractivity contribution in [1.82, 2.24) is 0 Å². The molecule has 1 unspecified atom stereocenters. The van der Waals surface area contributed by atoms with Crippen molar-refractivity contribution in [3.05, 3.63) is 34.9 Å². The predicted molar refractivity (Wildman–Crippen MR) is 59.6 cm³/mol. The van der Waals surface area contributed by atoms with E-state index in [1.165, 1.54) is 0 Å². The number of Topliss-reactive ketones (excluding diaryl/α,β-unsaturated/α-hetero) is 1. The fourth-order valence-corrected chi connectivity index (χ4v) is 2.26. The summed E-state index contributed by atoms with van der Waals surface area (Å²) in [6, 6.07) is 5.74. The lowest BCUT2D eigenvalue weighted by atomic mass is 9.80. The van der Waals surface area contributed by atoms with E-state index in [0.29, 0.717) is 12.0 Å². The Morgan fingerprint density at radius 3 is 2.94 bits per heavy atom. The first-order valence-electron chi connectivity index (χ1n) is 5.43. The van der Waals surface area contributed by atoms with E-state index in [1.54, 1.807) is 0 Å². The monoisotopic (exact) mass is 218 g/mol. The van der Waals surface area contributed by atoms with E-state index in [-0.39, 0.29) is 18.1 Å². The van der Waals surface area contributed by atoms with Crippen LogP contribution in [0.1, 0.15) is 34.3 Å². The van der Waals surface area contributed by atoms with Gasteiger partial charge in [-0.15, -0.1) is 0 Å². The first-order valence-corrected chi connectivity index (χ1v) is 5.43. The molecule has 0 bridgehead atoms.